The van der Waals surface area contributed by atoms with Crippen LogP contribution in [0.5, 0.6) is 5.75 Å². The van der Waals surface area contributed by atoms with Crippen LogP contribution in [0.25, 0.3) is 0 Å². The fraction of sp³-hybridized carbons (Fsp3) is 0.588. The maximum absolute atomic E-state index is 11.3. The van der Waals surface area contributed by atoms with Gasteiger partial charge in [-0.2, -0.15) is 0 Å². The van der Waals surface area contributed by atoms with Crippen LogP contribution in [0.4, 0.5) is 4.79 Å². The van der Waals surface area contributed by atoms with Crippen molar-refractivity contribution in [1.29, 1.82) is 0 Å². The highest BCUT2D eigenvalue weighted by atomic mass is 32.4. The van der Waals surface area contributed by atoms with E-state index in [9.17, 15) is 9.90 Å². The lowest BCUT2D eigenvalue weighted by molar-refractivity contribution is 0.137. The van der Waals surface area contributed by atoms with E-state index in [0.29, 0.717) is 0 Å². The van der Waals surface area contributed by atoms with Crippen LogP contribution >= 0.6 is 18.0 Å². The molecular formula is C17H27N2O3PS2. The Morgan fingerprint density at radius 1 is 1.44 bits per heavy atom. The molecule has 0 fully saturated rings. The number of amides is 1. The monoisotopic (exact) mass is 402 g/mol. The molecule has 1 heterocycles. The molecule has 1 unspecified atom stereocenters. The number of para-hydroxylation sites is 1. The lowest BCUT2D eigenvalue weighted by Gasteiger charge is -2.24. The van der Waals surface area contributed by atoms with E-state index in [2.05, 4.69) is 23.9 Å². The number of hydrogen-bond acceptors (Lipinski definition) is 5. The summed E-state index contributed by atoms with van der Waals surface area (Å²) >= 11 is 7.11. The first-order valence-electron chi connectivity index (χ1n) is 8.45. The molecule has 3 N–H and O–H groups in total. The van der Waals surface area contributed by atoms with E-state index in [4.69, 9.17) is 16.5 Å². The van der Waals surface area contributed by atoms with Crippen LogP contribution < -0.4 is 14.8 Å². The highest BCUT2D eigenvalue weighted by Crippen LogP contribution is 2.46. The van der Waals surface area contributed by atoms with Crippen LogP contribution in [0.3, 0.4) is 0 Å². The molecular weight excluding hydrogens is 375 g/mol. The standard InChI is InChI=1S/C17H27N2O3PS2/c1-5-23(24,6-2)11-18-25-15(19-16(20)21)13-9-7-8-12-10-17(3,4)22-14(12)13/h7-9,15,18-19H,5-6,10-11H2,1-4H3,(H,20,21). The minimum absolute atomic E-state index is 0.268. The number of benzene rings is 1. The van der Waals surface area contributed by atoms with Crippen LogP contribution in [0.15, 0.2) is 18.2 Å². The maximum atomic E-state index is 11.3. The van der Waals surface area contributed by atoms with Crippen LogP contribution in [-0.4, -0.2) is 35.4 Å². The fourth-order valence-electron chi connectivity index (χ4n) is 2.81. The van der Waals surface area contributed by atoms with E-state index in [-0.39, 0.29) is 5.60 Å². The number of hydrogen-bond donors (Lipinski definition) is 3. The Bertz CT molecular complexity index is 674. The molecule has 140 valence electrons. The van der Waals surface area contributed by atoms with Gasteiger partial charge in [-0.15, -0.1) is 0 Å². The lowest BCUT2D eigenvalue weighted by atomic mass is 10.0. The Hall–Kier alpha value is -0.750. The minimum atomic E-state index is -1.40. The molecule has 1 aliphatic rings. The van der Waals surface area contributed by atoms with E-state index in [1.54, 1.807) is 0 Å². The van der Waals surface area contributed by atoms with Gasteiger partial charge in [0.2, 0.25) is 0 Å². The number of rotatable bonds is 8. The average molecular weight is 403 g/mol. The predicted molar refractivity (Wildman–Crippen MR) is 110 cm³/mol. The Labute approximate surface area is 159 Å². The second kappa shape index (κ2) is 8.30. The molecule has 8 heteroatoms. The van der Waals surface area contributed by atoms with Gasteiger partial charge in [0, 0.05) is 18.3 Å². The molecule has 1 amide bonds. The van der Waals surface area contributed by atoms with E-state index >= 15 is 0 Å². The van der Waals surface area contributed by atoms with Crippen molar-refractivity contribution in [3.8, 4) is 5.75 Å². The third kappa shape index (κ3) is 5.36. The number of nitrogens with one attached hydrogen (secondary N) is 2. The zero-order valence-corrected chi connectivity index (χ0v) is 17.7. The van der Waals surface area contributed by atoms with Crippen LogP contribution in [-0.2, 0) is 18.2 Å². The zero-order chi connectivity index (χ0) is 18.7. The van der Waals surface area contributed by atoms with Crippen molar-refractivity contribution in [1.82, 2.24) is 10.0 Å². The summed E-state index contributed by atoms with van der Waals surface area (Å²) in [4.78, 5) is 11.3. The van der Waals surface area contributed by atoms with Crippen LogP contribution in [0.2, 0.25) is 0 Å². The summed E-state index contributed by atoms with van der Waals surface area (Å²) in [6.07, 6.45) is 2.52. The van der Waals surface area contributed by atoms with Gasteiger partial charge in [-0.25, -0.2) is 4.79 Å². The first kappa shape index (κ1) is 20.6. The summed E-state index contributed by atoms with van der Waals surface area (Å²) in [5, 5.41) is 11.4. The van der Waals surface area contributed by atoms with Gasteiger partial charge in [0.05, 0.1) is 0 Å². The molecule has 1 atom stereocenters. The SMILES string of the molecule is CCP(=S)(CC)CNSC(NC(=O)O)c1cccc2c1OC(C)(C)C2. The van der Waals surface area contributed by atoms with Crippen LogP contribution in [0.1, 0.15) is 44.2 Å². The normalized spacial score (nSPS) is 16.8. The zero-order valence-electron chi connectivity index (χ0n) is 15.2. The number of fused-ring (bicyclic) bond motifs is 1. The smallest absolute Gasteiger partial charge is 0.405 e. The van der Waals surface area contributed by atoms with E-state index in [1.807, 2.05) is 32.0 Å². The van der Waals surface area contributed by atoms with E-state index in [1.165, 1.54) is 11.9 Å². The second-order valence-electron chi connectivity index (χ2n) is 6.81. The maximum Gasteiger partial charge on any atom is 0.405 e. The topological polar surface area (TPSA) is 70.6 Å². The minimum Gasteiger partial charge on any atom is -0.487 e. The Morgan fingerprint density at radius 2 is 2.12 bits per heavy atom. The summed E-state index contributed by atoms with van der Waals surface area (Å²) in [5.74, 6) is 0.797. The van der Waals surface area contributed by atoms with Crippen molar-refractivity contribution >= 4 is 35.9 Å². The lowest BCUT2D eigenvalue weighted by Crippen LogP contribution is -2.28. The van der Waals surface area contributed by atoms with Gasteiger partial charge in [-0.3, -0.25) is 4.72 Å². The predicted octanol–water partition coefficient (Wildman–Crippen LogP) is 4.38. The Kier molecular flexibility index (Phi) is 6.82. The average Bonchev–Trinajstić information content (AvgIpc) is 2.87. The van der Waals surface area contributed by atoms with Gasteiger partial charge >= 0.3 is 6.09 Å². The molecule has 0 radical (unpaired) electrons. The molecule has 0 bridgehead atoms. The second-order valence-corrected chi connectivity index (χ2v) is 13.8. The molecule has 1 aliphatic heterocycles. The van der Waals surface area contributed by atoms with Crippen molar-refractivity contribution in [3.05, 3.63) is 29.3 Å². The summed E-state index contributed by atoms with van der Waals surface area (Å²) in [6.45, 7) is 8.34. The van der Waals surface area contributed by atoms with E-state index < -0.39 is 17.5 Å². The van der Waals surface area contributed by atoms with Gasteiger partial charge in [0.1, 0.15) is 16.7 Å². The highest BCUT2D eigenvalue weighted by molar-refractivity contribution is 8.14. The summed E-state index contributed by atoms with van der Waals surface area (Å²) in [6, 6.07) is 4.51. The summed E-state index contributed by atoms with van der Waals surface area (Å²) < 4.78 is 9.41. The first-order valence-corrected chi connectivity index (χ1v) is 12.7. The third-order valence-corrected chi connectivity index (χ3v) is 10.5. The van der Waals surface area contributed by atoms with Crippen molar-refractivity contribution in [3.63, 3.8) is 0 Å². The molecule has 0 spiro atoms. The molecule has 0 saturated heterocycles. The fourth-order valence-corrected chi connectivity index (χ4v) is 6.06. The van der Waals surface area contributed by atoms with Gasteiger partial charge in [-0.1, -0.05) is 55.8 Å². The Balaban J connectivity index is 2.18. The van der Waals surface area contributed by atoms with Crippen LogP contribution in [0, 0.1) is 0 Å². The van der Waals surface area contributed by atoms with Crippen molar-refractivity contribution in [2.24, 2.45) is 0 Å². The molecule has 0 saturated carbocycles. The van der Waals surface area contributed by atoms with Gasteiger partial charge < -0.3 is 15.2 Å². The molecule has 5 nitrogen and oxygen atoms in total. The molecule has 0 aliphatic carbocycles. The molecule has 1 aromatic rings. The van der Waals surface area contributed by atoms with Gasteiger partial charge in [0.15, 0.2) is 0 Å². The number of carboxylic acid groups (broad SMARTS) is 1. The van der Waals surface area contributed by atoms with Gasteiger partial charge in [-0.05, 0) is 37.8 Å². The molecule has 25 heavy (non-hydrogen) atoms. The number of carbonyl (C=O) groups is 1. The third-order valence-electron chi connectivity index (χ3n) is 4.37. The van der Waals surface area contributed by atoms with E-state index in [0.717, 1.165) is 41.9 Å². The molecule has 2 rings (SSSR count). The largest absolute Gasteiger partial charge is 0.487 e. The first-order chi connectivity index (χ1) is 11.7. The highest BCUT2D eigenvalue weighted by Gasteiger charge is 2.34. The van der Waals surface area contributed by atoms with Crippen molar-refractivity contribution < 1.29 is 14.6 Å². The summed E-state index contributed by atoms with van der Waals surface area (Å²) in [7, 11) is 0. The van der Waals surface area contributed by atoms with Crippen molar-refractivity contribution in [2.45, 2.75) is 45.1 Å². The Morgan fingerprint density at radius 3 is 2.72 bits per heavy atom. The number of ether oxygens (including phenoxy) is 1. The van der Waals surface area contributed by atoms with Gasteiger partial charge in [0.25, 0.3) is 0 Å². The summed E-state index contributed by atoms with van der Waals surface area (Å²) in [5.41, 5.74) is 1.70. The molecule has 1 aromatic carbocycles. The van der Waals surface area contributed by atoms with Crippen molar-refractivity contribution in [2.75, 3.05) is 18.6 Å². The quantitative estimate of drug-likeness (QED) is 0.341. The molecule has 0 aromatic heterocycles.